The van der Waals surface area contributed by atoms with Crippen LogP contribution in [0.5, 0.6) is 0 Å². The van der Waals surface area contributed by atoms with Crippen molar-refractivity contribution in [2.75, 3.05) is 13.2 Å². The maximum absolute atomic E-state index is 12.9. The van der Waals surface area contributed by atoms with Crippen molar-refractivity contribution in [2.45, 2.75) is 52.0 Å². The summed E-state index contributed by atoms with van der Waals surface area (Å²) in [4.78, 5) is 27.8. The summed E-state index contributed by atoms with van der Waals surface area (Å²) in [6.45, 7) is 6.54. The Morgan fingerprint density at radius 2 is 2.14 bits per heavy atom. The van der Waals surface area contributed by atoms with Crippen LogP contribution in [0, 0.1) is 6.92 Å². The van der Waals surface area contributed by atoms with Crippen LogP contribution in [0.4, 0.5) is 0 Å². The number of hydrogen-bond acceptors (Lipinski definition) is 4. The molecule has 5 heteroatoms. The number of aryl methyl sites for hydroxylation is 1. The molecule has 0 aliphatic carbocycles. The van der Waals surface area contributed by atoms with Crippen LogP contribution in [-0.2, 0) is 9.53 Å². The summed E-state index contributed by atoms with van der Waals surface area (Å²) in [5.74, 6) is -0.325. The van der Waals surface area contributed by atoms with Gasteiger partial charge in [0.15, 0.2) is 0 Å². The zero-order valence-corrected chi connectivity index (χ0v) is 13.8. The largest absolute Gasteiger partial charge is 0.464 e. The molecule has 1 saturated heterocycles. The zero-order chi connectivity index (χ0) is 15.5. The number of carbonyl (C=O) groups is 2. The van der Waals surface area contributed by atoms with E-state index in [1.54, 1.807) is 11.8 Å². The number of ether oxygens (including phenoxy) is 1. The maximum atomic E-state index is 12.9. The summed E-state index contributed by atoms with van der Waals surface area (Å²) in [7, 11) is 0. The predicted octanol–water partition coefficient (Wildman–Crippen LogP) is 3.39. The van der Waals surface area contributed by atoms with Crippen molar-refractivity contribution in [3.8, 4) is 0 Å². The number of nitrogens with zero attached hydrogens (tertiary/aromatic N) is 1. The van der Waals surface area contributed by atoms with E-state index in [1.807, 2.05) is 25.3 Å². The van der Waals surface area contributed by atoms with Crippen molar-refractivity contribution in [3.05, 3.63) is 21.9 Å². The molecule has 1 fully saturated rings. The molecule has 0 spiro atoms. The minimum absolute atomic E-state index is 0.0417. The molecule has 0 saturated carbocycles. The lowest BCUT2D eigenvalue weighted by atomic mass is 9.94. The minimum Gasteiger partial charge on any atom is -0.464 e. The van der Waals surface area contributed by atoms with Gasteiger partial charge in [0.25, 0.3) is 5.91 Å². The van der Waals surface area contributed by atoms with Gasteiger partial charge in [-0.3, -0.25) is 4.79 Å². The molecular weight excluding hydrogens is 286 g/mol. The Kier molecular flexibility index (Phi) is 5.04. The molecule has 0 bridgehead atoms. The van der Waals surface area contributed by atoms with Crippen LogP contribution in [0.25, 0.3) is 0 Å². The summed E-state index contributed by atoms with van der Waals surface area (Å²) < 4.78 is 5.24. The molecule has 4 nitrogen and oxygen atoms in total. The lowest BCUT2D eigenvalue weighted by Gasteiger charge is -2.37. The van der Waals surface area contributed by atoms with Crippen molar-refractivity contribution < 1.29 is 14.3 Å². The number of thiophene rings is 1. The Bertz CT molecular complexity index is 525. The van der Waals surface area contributed by atoms with Gasteiger partial charge in [-0.2, -0.15) is 0 Å². The SMILES string of the molecule is CCOC(=O)C1(C)CCCCCN1C(=O)c1sccc1C. The first-order valence-corrected chi connectivity index (χ1v) is 8.42. The highest BCUT2D eigenvalue weighted by molar-refractivity contribution is 7.12. The van der Waals surface area contributed by atoms with Crippen LogP contribution >= 0.6 is 11.3 Å². The average molecular weight is 309 g/mol. The number of hydrogen-bond donors (Lipinski definition) is 0. The monoisotopic (exact) mass is 309 g/mol. The molecule has 1 unspecified atom stereocenters. The summed E-state index contributed by atoms with van der Waals surface area (Å²) in [5.41, 5.74) is 0.125. The Morgan fingerprint density at radius 1 is 1.38 bits per heavy atom. The van der Waals surface area contributed by atoms with E-state index in [-0.39, 0.29) is 11.9 Å². The second-order valence-corrected chi connectivity index (χ2v) is 6.61. The smallest absolute Gasteiger partial charge is 0.331 e. The molecule has 21 heavy (non-hydrogen) atoms. The van der Waals surface area contributed by atoms with Crippen LogP contribution in [0.1, 0.15) is 54.8 Å². The van der Waals surface area contributed by atoms with Crippen LogP contribution in [0.3, 0.4) is 0 Å². The third-order valence-corrected chi connectivity index (χ3v) is 5.16. The van der Waals surface area contributed by atoms with Gasteiger partial charge in [-0.1, -0.05) is 12.8 Å². The third-order valence-electron chi connectivity index (χ3n) is 4.16. The number of esters is 1. The van der Waals surface area contributed by atoms with Gasteiger partial charge in [0.1, 0.15) is 5.54 Å². The average Bonchev–Trinajstić information content (AvgIpc) is 2.77. The molecule has 1 aromatic heterocycles. The Labute approximate surface area is 130 Å². The van der Waals surface area contributed by atoms with Gasteiger partial charge in [-0.15, -0.1) is 11.3 Å². The zero-order valence-electron chi connectivity index (χ0n) is 13.0. The quantitative estimate of drug-likeness (QED) is 0.804. The van der Waals surface area contributed by atoms with Crippen molar-refractivity contribution in [3.63, 3.8) is 0 Å². The maximum Gasteiger partial charge on any atom is 0.331 e. The molecule has 2 rings (SSSR count). The van der Waals surface area contributed by atoms with E-state index in [2.05, 4.69) is 0 Å². The van der Waals surface area contributed by atoms with Gasteiger partial charge < -0.3 is 9.64 Å². The number of rotatable bonds is 3. The lowest BCUT2D eigenvalue weighted by molar-refractivity contribution is -0.155. The van der Waals surface area contributed by atoms with E-state index in [0.717, 1.165) is 29.7 Å². The second kappa shape index (κ2) is 6.60. The van der Waals surface area contributed by atoms with E-state index in [1.165, 1.54) is 11.3 Å². The van der Waals surface area contributed by atoms with Gasteiger partial charge >= 0.3 is 5.97 Å². The highest BCUT2D eigenvalue weighted by Crippen LogP contribution is 2.31. The van der Waals surface area contributed by atoms with E-state index in [0.29, 0.717) is 19.6 Å². The van der Waals surface area contributed by atoms with E-state index < -0.39 is 5.54 Å². The van der Waals surface area contributed by atoms with Gasteiger partial charge in [0.2, 0.25) is 0 Å². The van der Waals surface area contributed by atoms with E-state index >= 15 is 0 Å². The summed E-state index contributed by atoms with van der Waals surface area (Å²) >= 11 is 1.44. The number of carbonyl (C=O) groups excluding carboxylic acids is 2. The van der Waals surface area contributed by atoms with Crippen LogP contribution in [-0.4, -0.2) is 35.5 Å². The van der Waals surface area contributed by atoms with E-state index in [4.69, 9.17) is 4.74 Å². The molecule has 1 aliphatic rings. The summed E-state index contributed by atoms with van der Waals surface area (Å²) in [6, 6.07) is 1.94. The van der Waals surface area contributed by atoms with Crippen molar-refractivity contribution in [1.29, 1.82) is 0 Å². The highest BCUT2D eigenvalue weighted by atomic mass is 32.1. The molecular formula is C16H23NO3S. The van der Waals surface area contributed by atoms with Crippen LogP contribution < -0.4 is 0 Å². The fraction of sp³-hybridized carbons (Fsp3) is 0.625. The van der Waals surface area contributed by atoms with Crippen molar-refractivity contribution >= 4 is 23.2 Å². The fourth-order valence-electron chi connectivity index (χ4n) is 2.84. The standard InChI is InChI=1S/C16H23NO3S/c1-4-20-15(19)16(3)9-6-5-7-10-17(16)14(18)13-12(2)8-11-21-13/h8,11H,4-7,9-10H2,1-3H3. The topological polar surface area (TPSA) is 46.6 Å². The van der Waals surface area contributed by atoms with Gasteiger partial charge in [0, 0.05) is 6.54 Å². The van der Waals surface area contributed by atoms with Gasteiger partial charge in [-0.25, -0.2) is 4.79 Å². The minimum atomic E-state index is -0.847. The van der Waals surface area contributed by atoms with Gasteiger partial charge in [-0.05, 0) is 50.6 Å². The molecule has 1 aliphatic heterocycles. The van der Waals surface area contributed by atoms with Crippen molar-refractivity contribution in [2.24, 2.45) is 0 Å². The normalized spacial score (nSPS) is 22.7. The Balaban J connectivity index is 2.34. The Hall–Kier alpha value is -1.36. The first kappa shape index (κ1) is 16.0. The molecule has 0 radical (unpaired) electrons. The Morgan fingerprint density at radius 3 is 2.76 bits per heavy atom. The van der Waals surface area contributed by atoms with Crippen LogP contribution in [0.15, 0.2) is 11.4 Å². The van der Waals surface area contributed by atoms with E-state index in [9.17, 15) is 9.59 Å². The molecule has 0 aromatic carbocycles. The first-order chi connectivity index (χ1) is 10.0. The number of likely N-dealkylation sites (tertiary alicyclic amines) is 1. The molecule has 1 atom stereocenters. The summed E-state index contributed by atoms with van der Waals surface area (Å²) in [6.07, 6.45) is 3.60. The first-order valence-electron chi connectivity index (χ1n) is 7.54. The van der Waals surface area contributed by atoms with Crippen molar-refractivity contribution in [1.82, 2.24) is 4.90 Å². The second-order valence-electron chi connectivity index (χ2n) is 5.69. The fourth-order valence-corrected chi connectivity index (χ4v) is 3.71. The molecule has 1 amide bonds. The molecule has 2 heterocycles. The molecule has 0 N–H and O–H groups in total. The predicted molar refractivity (Wildman–Crippen MR) is 83.6 cm³/mol. The van der Waals surface area contributed by atoms with Gasteiger partial charge in [0.05, 0.1) is 11.5 Å². The molecule has 1 aromatic rings. The number of amides is 1. The lowest BCUT2D eigenvalue weighted by Crippen LogP contribution is -2.55. The highest BCUT2D eigenvalue weighted by Gasteiger charge is 2.44. The van der Waals surface area contributed by atoms with Crippen LogP contribution in [0.2, 0.25) is 0 Å². The third kappa shape index (κ3) is 3.12. The summed E-state index contributed by atoms with van der Waals surface area (Å²) in [5, 5.41) is 1.92. The molecule has 116 valence electrons.